The number of carboxylic acid groups (broad SMARTS) is 1. The van der Waals surface area contributed by atoms with Gasteiger partial charge in [-0.3, -0.25) is 4.79 Å². The summed E-state index contributed by atoms with van der Waals surface area (Å²) < 4.78 is 16.8. The zero-order valence-electron chi connectivity index (χ0n) is 13.1. The molecule has 1 N–H and O–H groups in total. The van der Waals surface area contributed by atoms with Gasteiger partial charge in [-0.25, -0.2) is 4.79 Å². The maximum atomic E-state index is 11.6. The molecule has 0 saturated carbocycles. The first-order chi connectivity index (χ1) is 12.1. The first-order valence-electron chi connectivity index (χ1n) is 7.41. The van der Waals surface area contributed by atoms with Gasteiger partial charge in [-0.15, -0.1) is 0 Å². The minimum atomic E-state index is -0.981. The van der Waals surface area contributed by atoms with Crippen molar-refractivity contribution in [3.8, 4) is 17.1 Å². The summed E-state index contributed by atoms with van der Waals surface area (Å²) in [5.74, 6) is 0.175. The Labute approximate surface area is 144 Å². The van der Waals surface area contributed by atoms with E-state index in [1.165, 1.54) is 0 Å². The van der Waals surface area contributed by atoms with Gasteiger partial charge in [-0.2, -0.15) is 0 Å². The van der Waals surface area contributed by atoms with E-state index in [1.54, 1.807) is 43.5 Å². The molecule has 126 valence electrons. The number of aliphatic carboxylic acids is 1. The number of furan rings is 1. The smallest absolute Gasteiger partial charge is 0.396 e. The lowest BCUT2D eigenvalue weighted by molar-refractivity contribution is -0.136. The van der Waals surface area contributed by atoms with Gasteiger partial charge in [0.05, 0.1) is 18.2 Å². The monoisotopic (exact) mass is 356 g/mol. The fourth-order valence-corrected chi connectivity index (χ4v) is 3.71. The van der Waals surface area contributed by atoms with E-state index in [1.807, 2.05) is 0 Å². The average Bonchev–Trinajstić information content (AvgIpc) is 3.14. The Morgan fingerprint density at radius 2 is 1.84 bits per heavy atom. The molecule has 4 aromatic rings. The molecular formula is C18H12O6S. The van der Waals surface area contributed by atoms with Crippen LogP contribution in [0.3, 0.4) is 0 Å². The number of carbonyl (C=O) groups is 1. The van der Waals surface area contributed by atoms with Crippen LogP contribution in [0.4, 0.5) is 0 Å². The molecule has 0 amide bonds. The van der Waals surface area contributed by atoms with E-state index in [9.17, 15) is 14.7 Å². The summed E-state index contributed by atoms with van der Waals surface area (Å²) in [6.07, 6.45) is -0.223. The van der Waals surface area contributed by atoms with Gasteiger partial charge in [0.25, 0.3) is 0 Å². The second-order valence-electron chi connectivity index (χ2n) is 5.43. The van der Waals surface area contributed by atoms with Gasteiger partial charge in [0.1, 0.15) is 22.7 Å². The zero-order chi connectivity index (χ0) is 17.6. The number of hydrogen-bond acceptors (Lipinski definition) is 6. The van der Waals surface area contributed by atoms with Crippen LogP contribution >= 0.6 is 11.3 Å². The van der Waals surface area contributed by atoms with Crippen molar-refractivity contribution < 1.29 is 23.5 Å². The molecule has 2 heterocycles. The van der Waals surface area contributed by atoms with Crippen LogP contribution in [0.1, 0.15) is 5.56 Å². The van der Waals surface area contributed by atoms with E-state index < -0.39 is 10.9 Å². The number of ether oxygens (including phenoxy) is 1. The molecule has 0 aliphatic heterocycles. The molecule has 0 aliphatic carbocycles. The van der Waals surface area contributed by atoms with E-state index in [0.717, 1.165) is 16.9 Å². The number of methoxy groups -OCH3 is 1. The third-order valence-electron chi connectivity index (χ3n) is 3.93. The predicted molar refractivity (Wildman–Crippen MR) is 93.5 cm³/mol. The number of rotatable bonds is 4. The van der Waals surface area contributed by atoms with Crippen molar-refractivity contribution in [2.24, 2.45) is 0 Å². The highest BCUT2D eigenvalue weighted by Crippen LogP contribution is 2.39. The minimum absolute atomic E-state index is 0.223. The molecule has 0 bridgehead atoms. The number of benzene rings is 2. The molecule has 25 heavy (non-hydrogen) atoms. The van der Waals surface area contributed by atoms with Crippen molar-refractivity contribution >= 4 is 38.6 Å². The van der Waals surface area contributed by atoms with Gasteiger partial charge < -0.3 is 18.7 Å². The highest BCUT2D eigenvalue weighted by Gasteiger charge is 2.22. The van der Waals surface area contributed by atoms with Crippen molar-refractivity contribution in [2.75, 3.05) is 7.11 Å². The summed E-state index contributed by atoms with van der Waals surface area (Å²) in [5, 5.41) is 9.94. The molecule has 4 rings (SSSR count). The molecule has 2 aromatic heterocycles. The first-order valence-corrected chi connectivity index (χ1v) is 8.22. The molecule has 0 atom stereocenters. The topological polar surface area (TPSA) is 89.9 Å². The van der Waals surface area contributed by atoms with Crippen LogP contribution in [-0.2, 0) is 11.2 Å². The van der Waals surface area contributed by atoms with Crippen LogP contribution in [-0.4, -0.2) is 18.2 Å². The largest absolute Gasteiger partial charge is 0.497 e. The van der Waals surface area contributed by atoms with Crippen LogP contribution in [0.25, 0.3) is 32.6 Å². The Hall–Kier alpha value is -3.06. The Bertz CT molecular complexity index is 1150. The number of carboxylic acids is 1. The van der Waals surface area contributed by atoms with Gasteiger partial charge >= 0.3 is 10.9 Å². The SMILES string of the molecule is COc1ccc(-c2oc3ccc4oc(=O)sc4c3c2CC(=O)O)cc1. The molecule has 7 heteroatoms. The maximum Gasteiger partial charge on any atom is 0.396 e. The van der Waals surface area contributed by atoms with Gasteiger partial charge in [0, 0.05) is 16.5 Å². The Balaban J connectivity index is 2.03. The lowest BCUT2D eigenvalue weighted by atomic mass is 10.0. The van der Waals surface area contributed by atoms with Crippen LogP contribution in [0.2, 0.25) is 0 Å². The normalized spacial score (nSPS) is 11.2. The van der Waals surface area contributed by atoms with Crippen molar-refractivity contribution in [1.82, 2.24) is 0 Å². The highest BCUT2D eigenvalue weighted by atomic mass is 32.1. The fraction of sp³-hybridized carbons (Fsp3) is 0.111. The highest BCUT2D eigenvalue weighted by molar-refractivity contribution is 7.17. The summed E-state index contributed by atoms with van der Waals surface area (Å²) in [5.41, 5.74) is 2.20. The predicted octanol–water partition coefficient (Wildman–Crippen LogP) is 3.90. The van der Waals surface area contributed by atoms with Gasteiger partial charge in [-0.1, -0.05) is 11.3 Å². The van der Waals surface area contributed by atoms with Crippen molar-refractivity contribution in [3.05, 3.63) is 51.7 Å². The van der Waals surface area contributed by atoms with Crippen LogP contribution < -0.4 is 9.68 Å². The summed E-state index contributed by atoms with van der Waals surface area (Å²) >= 11 is 0.942. The van der Waals surface area contributed by atoms with E-state index in [0.29, 0.717) is 38.3 Å². The summed E-state index contributed by atoms with van der Waals surface area (Å²) in [4.78, 5) is 22.6. The van der Waals surface area contributed by atoms with Crippen molar-refractivity contribution in [3.63, 3.8) is 0 Å². The molecule has 6 nitrogen and oxygen atoms in total. The third-order valence-corrected chi connectivity index (χ3v) is 4.79. The number of hydrogen-bond donors (Lipinski definition) is 1. The molecule has 0 unspecified atom stereocenters. The second-order valence-corrected chi connectivity index (χ2v) is 6.37. The summed E-state index contributed by atoms with van der Waals surface area (Å²) in [7, 11) is 1.57. The fourth-order valence-electron chi connectivity index (χ4n) is 2.87. The lowest BCUT2D eigenvalue weighted by Gasteiger charge is -2.03. The zero-order valence-corrected chi connectivity index (χ0v) is 13.9. The van der Waals surface area contributed by atoms with Gasteiger partial charge in [0.15, 0.2) is 0 Å². The molecule has 0 spiro atoms. The van der Waals surface area contributed by atoms with Crippen LogP contribution in [0.5, 0.6) is 5.75 Å². The van der Waals surface area contributed by atoms with E-state index in [2.05, 4.69) is 0 Å². The standard InChI is InChI=1S/C18H12O6S/c1-22-10-4-2-9(3-5-10)16-11(8-14(19)20)15-12(23-16)6-7-13-17(15)25-18(21)24-13/h2-7H,8H2,1H3,(H,19,20). The first kappa shape index (κ1) is 15.5. The molecule has 0 radical (unpaired) electrons. The van der Waals surface area contributed by atoms with Crippen molar-refractivity contribution in [2.45, 2.75) is 6.42 Å². The molecule has 0 aliphatic rings. The summed E-state index contributed by atoms with van der Waals surface area (Å²) in [6, 6.07) is 10.5. The van der Waals surface area contributed by atoms with Crippen LogP contribution in [0, 0.1) is 0 Å². The second kappa shape index (κ2) is 5.78. The van der Waals surface area contributed by atoms with E-state index >= 15 is 0 Å². The average molecular weight is 356 g/mol. The quantitative estimate of drug-likeness (QED) is 0.596. The van der Waals surface area contributed by atoms with Crippen molar-refractivity contribution in [1.29, 1.82) is 0 Å². The minimum Gasteiger partial charge on any atom is -0.497 e. The molecule has 2 aromatic carbocycles. The maximum absolute atomic E-state index is 11.6. The van der Waals surface area contributed by atoms with E-state index in [-0.39, 0.29) is 6.42 Å². The lowest BCUT2D eigenvalue weighted by Crippen LogP contribution is -2.00. The molecular weight excluding hydrogens is 344 g/mol. The Kier molecular flexibility index (Phi) is 3.58. The Morgan fingerprint density at radius 3 is 2.52 bits per heavy atom. The van der Waals surface area contributed by atoms with Gasteiger partial charge in [-0.05, 0) is 36.4 Å². The molecule has 0 fully saturated rings. The van der Waals surface area contributed by atoms with Crippen LogP contribution in [0.15, 0.2) is 50.0 Å². The van der Waals surface area contributed by atoms with E-state index in [4.69, 9.17) is 13.6 Å². The third kappa shape index (κ3) is 2.58. The molecule has 0 saturated heterocycles. The summed E-state index contributed by atoms with van der Waals surface area (Å²) in [6.45, 7) is 0. The van der Waals surface area contributed by atoms with Gasteiger partial charge in [0.2, 0.25) is 0 Å². The number of fused-ring (bicyclic) bond motifs is 3. The Morgan fingerprint density at radius 1 is 1.12 bits per heavy atom.